The molecule has 0 bridgehead atoms. The predicted molar refractivity (Wildman–Crippen MR) is 84.9 cm³/mol. The summed E-state index contributed by atoms with van der Waals surface area (Å²) in [6, 6.07) is 3.28. The first-order valence-electron chi connectivity index (χ1n) is 7.52. The Hall–Kier alpha value is -1.46. The summed E-state index contributed by atoms with van der Waals surface area (Å²) >= 11 is 6.29. The van der Waals surface area contributed by atoms with Crippen LogP contribution in [-0.2, 0) is 11.3 Å². The lowest BCUT2D eigenvalue weighted by Gasteiger charge is -2.22. The first kappa shape index (κ1) is 16.9. The fourth-order valence-corrected chi connectivity index (χ4v) is 3.03. The Labute approximate surface area is 135 Å². The lowest BCUT2D eigenvalue weighted by molar-refractivity contribution is -0.142. The number of methoxy groups -OCH3 is 1. The number of carboxylic acids is 1. The van der Waals surface area contributed by atoms with Gasteiger partial charge in [0, 0.05) is 6.54 Å². The van der Waals surface area contributed by atoms with Gasteiger partial charge in [0.2, 0.25) is 0 Å². The van der Waals surface area contributed by atoms with Crippen molar-refractivity contribution in [1.82, 2.24) is 4.90 Å². The molecule has 1 aromatic rings. The lowest BCUT2D eigenvalue weighted by atomic mass is 10.1. The van der Waals surface area contributed by atoms with Gasteiger partial charge >= 0.3 is 5.97 Å². The van der Waals surface area contributed by atoms with E-state index in [-0.39, 0.29) is 0 Å². The maximum atomic E-state index is 11.3. The van der Waals surface area contributed by atoms with Crippen molar-refractivity contribution >= 4 is 17.6 Å². The molecule has 0 spiro atoms. The van der Waals surface area contributed by atoms with Crippen molar-refractivity contribution in [2.75, 3.05) is 20.3 Å². The molecule has 122 valence electrons. The molecule has 1 saturated heterocycles. The third-order valence-electron chi connectivity index (χ3n) is 3.77. The maximum absolute atomic E-state index is 11.3. The van der Waals surface area contributed by atoms with Crippen LogP contribution in [0.1, 0.15) is 31.7 Å². The third kappa shape index (κ3) is 3.84. The largest absolute Gasteiger partial charge is 0.493 e. The van der Waals surface area contributed by atoms with Crippen molar-refractivity contribution < 1.29 is 19.4 Å². The van der Waals surface area contributed by atoms with Gasteiger partial charge in [0.25, 0.3) is 0 Å². The molecule has 1 fully saturated rings. The Morgan fingerprint density at radius 2 is 2.27 bits per heavy atom. The molecular weight excluding hydrogens is 306 g/mol. The third-order valence-corrected chi connectivity index (χ3v) is 4.05. The second kappa shape index (κ2) is 7.70. The minimum atomic E-state index is -0.765. The molecule has 1 aliphatic heterocycles. The van der Waals surface area contributed by atoms with E-state index in [1.165, 1.54) is 0 Å². The number of likely N-dealkylation sites (tertiary alicyclic amines) is 1. The smallest absolute Gasteiger partial charge is 0.320 e. The van der Waals surface area contributed by atoms with E-state index >= 15 is 0 Å². The predicted octanol–water partition coefficient (Wildman–Crippen LogP) is 3.19. The van der Waals surface area contributed by atoms with E-state index in [1.54, 1.807) is 7.11 Å². The van der Waals surface area contributed by atoms with Crippen LogP contribution in [0.5, 0.6) is 11.5 Å². The molecule has 1 heterocycles. The van der Waals surface area contributed by atoms with Crippen molar-refractivity contribution in [3.63, 3.8) is 0 Å². The Morgan fingerprint density at radius 3 is 2.91 bits per heavy atom. The van der Waals surface area contributed by atoms with Gasteiger partial charge in [0.05, 0.1) is 18.7 Å². The molecule has 1 N–H and O–H groups in total. The van der Waals surface area contributed by atoms with Crippen molar-refractivity contribution in [2.24, 2.45) is 0 Å². The summed E-state index contributed by atoms with van der Waals surface area (Å²) in [4.78, 5) is 13.2. The number of hydrogen-bond donors (Lipinski definition) is 1. The molecule has 0 aliphatic carbocycles. The second-order valence-corrected chi connectivity index (χ2v) is 5.83. The number of hydrogen-bond acceptors (Lipinski definition) is 4. The molecule has 6 heteroatoms. The van der Waals surface area contributed by atoms with E-state index in [1.807, 2.05) is 24.0 Å². The van der Waals surface area contributed by atoms with Crippen molar-refractivity contribution in [2.45, 2.75) is 38.8 Å². The molecular formula is C16H22ClNO4. The van der Waals surface area contributed by atoms with E-state index in [2.05, 4.69) is 0 Å². The molecule has 0 radical (unpaired) electrons. The average Bonchev–Trinajstić information content (AvgIpc) is 2.94. The van der Waals surface area contributed by atoms with Crippen LogP contribution < -0.4 is 9.47 Å². The second-order valence-electron chi connectivity index (χ2n) is 5.42. The Kier molecular flexibility index (Phi) is 5.91. The number of aliphatic carboxylic acids is 1. The minimum Gasteiger partial charge on any atom is -0.493 e. The standard InChI is InChI=1S/C16H22ClNO4/c1-3-7-22-15-12(17)8-11(9-14(15)21-2)10-18-6-4-5-13(18)16(19)20/h8-9,13H,3-7,10H2,1-2H3,(H,19,20)/t13-/m1/s1. The van der Waals surface area contributed by atoms with Gasteiger partial charge in [-0.2, -0.15) is 0 Å². The van der Waals surface area contributed by atoms with Crippen LogP contribution in [0, 0.1) is 0 Å². The van der Waals surface area contributed by atoms with Crippen LogP contribution >= 0.6 is 11.6 Å². The van der Waals surface area contributed by atoms with E-state index in [0.29, 0.717) is 36.1 Å². The molecule has 2 rings (SSSR count). The van der Waals surface area contributed by atoms with E-state index in [0.717, 1.165) is 24.9 Å². The first-order valence-corrected chi connectivity index (χ1v) is 7.90. The number of carboxylic acid groups (broad SMARTS) is 1. The zero-order valence-corrected chi connectivity index (χ0v) is 13.7. The number of benzene rings is 1. The van der Waals surface area contributed by atoms with Crippen LogP contribution in [0.2, 0.25) is 5.02 Å². The monoisotopic (exact) mass is 327 g/mol. The van der Waals surface area contributed by atoms with Gasteiger partial charge in [-0.3, -0.25) is 9.69 Å². The zero-order chi connectivity index (χ0) is 16.1. The normalized spacial score (nSPS) is 18.4. The van der Waals surface area contributed by atoms with E-state index in [9.17, 15) is 9.90 Å². The van der Waals surface area contributed by atoms with Gasteiger partial charge in [-0.1, -0.05) is 18.5 Å². The molecule has 22 heavy (non-hydrogen) atoms. The summed E-state index contributed by atoms with van der Waals surface area (Å²) in [5.41, 5.74) is 0.929. The van der Waals surface area contributed by atoms with Crippen LogP contribution in [0.15, 0.2) is 12.1 Å². The molecule has 5 nitrogen and oxygen atoms in total. The highest BCUT2D eigenvalue weighted by atomic mass is 35.5. The summed E-state index contributed by atoms with van der Waals surface area (Å²) in [5.74, 6) is 0.367. The number of ether oxygens (including phenoxy) is 2. The highest BCUT2D eigenvalue weighted by molar-refractivity contribution is 6.32. The fourth-order valence-electron chi connectivity index (χ4n) is 2.74. The highest BCUT2D eigenvalue weighted by Gasteiger charge is 2.30. The molecule has 0 aromatic heterocycles. The number of carbonyl (C=O) groups is 1. The maximum Gasteiger partial charge on any atom is 0.320 e. The molecule has 1 aliphatic rings. The summed E-state index contributed by atoms with van der Waals surface area (Å²) in [6.45, 7) is 3.92. The number of nitrogens with zero attached hydrogens (tertiary/aromatic N) is 1. The molecule has 0 saturated carbocycles. The fraction of sp³-hybridized carbons (Fsp3) is 0.562. The average molecular weight is 328 g/mol. The van der Waals surface area contributed by atoms with Crippen LogP contribution in [0.4, 0.5) is 0 Å². The Morgan fingerprint density at radius 1 is 1.50 bits per heavy atom. The number of rotatable bonds is 7. The van der Waals surface area contributed by atoms with Gasteiger partial charge in [0.1, 0.15) is 6.04 Å². The Balaban J connectivity index is 2.18. The van der Waals surface area contributed by atoms with Crippen LogP contribution in [-0.4, -0.2) is 42.3 Å². The van der Waals surface area contributed by atoms with Crippen molar-refractivity contribution in [1.29, 1.82) is 0 Å². The molecule has 0 amide bonds. The van der Waals surface area contributed by atoms with Gasteiger partial charge in [0.15, 0.2) is 11.5 Å². The SMILES string of the molecule is CCCOc1c(Cl)cc(CN2CCC[C@@H]2C(=O)O)cc1OC. The lowest BCUT2D eigenvalue weighted by Crippen LogP contribution is -2.35. The first-order chi connectivity index (χ1) is 10.6. The highest BCUT2D eigenvalue weighted by Crippen LogP contribution is 2.37. The van der Waals surface area contributed by atoms with Gasteiger partial charge in [-0.25, -0.2) is 0 Å². The Bertz CT molecular complexity index is 535. The molecule has 1 atom stereocenters. The van der Waals surface area contributed by atoms with Crippen LogP contribution in [0.3, 0.4) is 0 Å². The van der Waals surface area contributed by atoms with E-state index < -0.39 is 12.0 Å². The van der Waals surface area contributed by atoms with Crippen molar-refractivity contribution in [3.8, 4) is 11.5 Å². The summed E-state index contributed by atoms with van der Waals surface area (Å²) in [5, 5.41) is 9.74. The summed E-state index contributed by atoms with van der Waals surface area (Å²) in [7, 11) is 1.57. The van der Waals surface area contributed by atoms with E-state index in [4.69, 9.17) is 21.1 Å². The number of halogens is 1. The molecule has 1 aromatic carbocycles. The zero-order valence-electron chi connectivity index (χ0n) is 13.0. The van der Waals surface area contributed by atoms with Gasteiger partial charge < -0.3 is 14.6 Å². The van der Waals surface area contributed by atoms with Crippen LogP contribution in [0.25, 0.3) is 0 Å². The minimum absolute atomic E-state index is 0.416. The molecule has 0 unspecified atom stereocenters. The van der Waals surface area contributed by atoms with Crippen molar-refractivity contribution in [3.05, 3.63) is 22.7 Å². The van der Waals surface area contributed by atoms with Gasteiger partial charge in [-0.05, 0) is 43.5 Å². The summed E-state index contributed by atoms with van der Waals surface area (Å²) < 4.78 is 11.0. The quantitative estimate of drug-likeness (QED) is 0.833. The topological polar surface area (TPSA) is 59.0 Å². The summed E-state index contributed by atoms with van der Waals surface area (Å²) in [6.07, 6.45) is 2.48. The van der Waals surface area contributed by atoms with Gasteiger partial charge in [-0.15, -0.1) is 0 Å².